The lowest BCUT2D eigenvalue weighted by molar-refractivity contribution is 0.317. The molecular weight excluding hydrogens is 202 g/mol. The number of hydrogen-bond donors (Lipinski definition) is 2. The van der Waals surface area contributed by atoms with Crippen LogP contribution in [-0.2, 0) is 0 Å². The molecule has 0 bridgehead atoms. The highest BCUT2D eigenvalue weighted by atomic mass is 16.4. The van der Waals surface area contributed by atoms with Crippen molar-refractivity contribution in [2.75, 3.05) is 0 Å². The van der Waals surface area contributed by atoms with Crippen LogP contribution < -0.4 is 0 Å². The fourth-order valence-electron chi connectivity index (χ4n) is 1.68. The molecule has 0 radical (unpaired) electrons. The average molecular weight is 221 g/mol. The van der Waals surface area contributed by atoms with E-state index in [1.54, 1.807) is 18.2 Å². The topological polar surface area (TPSA) is 52.8 Å². The summed E-state index contributed by atoms with van der Waals surface area (Å²) in [5.41, 5.74) is 1.19. The minimum atomic E-state index is 0.172. The van der Waals surface area contributed by atoms with Gasteiger partial charge in [0.15, 0.2) is 0 Å². The number of nitrogens with zero attached hydrogens (tertiary/aromatic N) is 1. The van der Waals surface area contributed by atoms with Crippen molar-refractivity contribution >= 4 is 5.71 Å². The minimum Gasteiger partial charge on any atom is -0.507 e. The molecule has 1 aromatic carbocycles. The lowest BCUT2D eigenvalue weighted by atomic mass is 10.0. The number of phenols is 1. The monoisotopic (exact) mass is 221 g/mol. The summed E-state index contributed by atoms with van der Waals surface area (Å²) in [4.78, 5) is 0. The largest absolute Gasteiger partial charge is 0.507 e. The maximum atomic E-state index is 9.62. The van der Waals surface area contributed by atoms with Gasteiger partial charge in [0, 0.05) is 5.56 Å². The zero-order valence-corrected chi connectivity index (χ0v) is 9.69. The molecular formula is C13H19NO2. The van der Waals surface area contributed by atoms with E-state index in [0.717, 1.165) is 12.8 Å². The third-order valence-electron chi connectivity index (χ3n) is 2.60. The number of para-hydroxylation sites is 1. The van der Waals surface area contributed by atoms with Gasteiger partial charge in [-0.25, -0.2) is 0 Å². The molecule has 3 heteroatoms. The smallest absolute Gasteiger partial charge is 0.124 e. The molecule has 3 nitrogen and oxygen atoms in total. The van der Waals surface area contributed by atoms with Crippen LogP contribution in [0.3, 0.4) is 0 Å². The first-order valence-corrected chi connectivity index (χ1v) is 5.79. The zero-order valence-electron chi connectivity index (χ0n) is 9.69. The van der Waals surface area contributed by atoms with Crippen molar-refractivity contribution in [3.63, 3.8) is 0 Å². The Balaban J connectivity index is 2.59. The van der Waals surface area contributed by atoms with Crippen LogP contribution in [0.4, 0.5) is 0 Å². The van der Waals surface area contributed by atoms with Gasteiger partial charge in [0.1, 0.15) is 5.75 Å². The third kappa shape index (κ3) is 3.57. The summed E-state index contributed by atoms with van der Waals surface area (Å²) in [6, 6.07) is 6.95. The Morgan fingerprint density at radius 2 is 1.94 bits per heavy atom. The lowest BCUT2D eigenvalue weighted by Gasteiger charge is -2.06. The SMILES string of the molecule is CCCCCC/C(=N\O)c1ccccc1O. The van der Waals surface area contributed by atoms with Gasteiger partial charge < -0.3 is 10.3 Å². The fourth-order valence-corrected chi connectivity index (χ4v) is 1.68. The molecule has 0 unspecified atom stereocenters. The van der Waals surface area contributed by atoms with Gasteiger partial charge in [0.25, 0.3) is 0 Å². The molecule has 1 aromatic rings. The Hall–Kier alpha value is -1.51. The summed E-state index contributed by atoms with van der Waals surface area (Å²) in [5.74, 6) is 0.172. The molecule has 1 rings (SSSR count). The summed E-state index contributed by atoms with van der Waals surface area (Å²) >= 11 is 0. The summed E-state index contributed by atoms with van der Waals surface area (Å²) in [5, 5.41) is 21.8. The molecule has 0 fully saturated rings. The Morgan fingerprint density at radius 3 is 2.56 bits per heavy atom. The second-order valence-electron chi connectivity index (χ2n) is 3.87. The lowest BCUT2D eigenvalue weighted by Crippen LogP contribution is -2.01. The van der Waals surface area contributed by atoms with E-state index in [1.165, 1.54) is 12.8 Å². The molecule has 0 spiro atoms. The van der Waals surface area contributed by atoms with Gasteiger partial charge in [0.2, 0.25) is 0 Å². The number of rotatable bonds is 6. The van der Waals surface area contributed by atoms with Crippen molar-refractivity contribution in [2.45, 2.75) is 39.0 Å². The minimum absolute atomic E-state index is 0.172. The molecule has 0 aliphatic heterocycles. The van der Waals surface area contributed by atoms with E-state index in [9.17, 15) is 5.11 Å². The van der Waals surface area contributed by atoms with Crippen molar-refractivity contribution in [3.05, 3.63) is 29.8 Å². The predicted octanol–water partition coefficient (Wildman–Crippen LogP) is 3.54. The second kappa shape index (κ2) is 6.88. The van der Waals surface area contributed by atoms with Crippen LogP contribution >= 0.6 is 0 Å². The molecule has 88 valence electrons. The standard InChI is InChI=1S/C13H19NO2/c1-2-3-4-5-9-12(14-16)11-8-6-7-10-13(11)15/h6-8,10,15-16H,2-5,9H2,1H3/b14-12+. The molecule has 2 N–H and O–H groups in total. The molecule has 0 aromatic heterocycles. The quantitative estimate of drug-likeness (QED) is 0.334. The van der Waals surface area contributed by atoms with Gasteiger partial charge in [-0.1, -0.05) is 43.5 Å². The first kappa shape index (κ1) is 12.6. The van der Waals surface area contributed by atoms with Crippen LogP contribution in [0.25, 0.3) is 0 Å². The van der Waals surface area contributed by atoms with E-state index in [2.05, 4.69) is 12.1 Å². The maximum absolute atomic E-state index is 9.62. The maximum Gasteiger partial charge on any atom is 0.124 e. The van der Waals surface area contributed by atoms with Crippen LogP contribution in [0.1, 0.15) is 44.6 Å². The van der Waals surface area contributed by atoms with E-state index in [4.69, 9.17) is 5.21 Å². The van der Waals surface area contributed by atoms with E-state index in [-0.39, 0.29) is 5.75 Å². The molecule has 0 amide bonds. The van der Waals surface area contributed by atoms with Gasteiger partial charge in [-0.2, -0.15) is 0 Å². The van der Waals surface area contributed by atoms with Crippen LogP contribution in [0.2, 0.25) is 0 Å². The number of unbranched alkanes of at least 4 members (excludes halogenated alkanes) is 3. The molecule has 0 aliphatic carbocycles. The normalized spacial score (nSPS) is 11.7. The number of oxime groups is 1. The second-order valence-corrected chi connectivity index (χ2v) is 3.87. The van der Waals surface area contributed by atoms with Gasteiger partial charge in [0.05, 0.1) is 5.71 Å². The summed E-state index contributed by atoms with van der Waals surface area (Å²) < 4.78 is 0. The average Bonchev–Trinajstić information content (AvgIpc) is 2.31. The summed E-state index contributed by atoms with van der Waals surface area (Å²) in [6.07, 6.45) is 5.19. The van der Waals surface area contributed by atoms with Crippen LogP contribution in [0.15, 0.2) is 29.4 Å². The summed E-state index contributed by atoms with van der Waals surface area (Å²) in [7, 11) is 0. The third-order valence-corrected chi connectivity index (χ3v) is 2.60. The molecule has 0 saturated heterocycles. The van der Waals surface area contributed by atoms with E-state index in [0.29, 0.717) is 17.7 Å². The summed E-state index contributed by atoms with van der Waals surface area (Å²) in [6.45, 7) is 2.16. The Labute approximate surface area is 96.4 Å². The first-order valence-electron chi connectivity index (χ1n) is 5.79. The zero-order chi connectivity index (χ0) is 11.8. The fraction of sp³-hybridized carbons (Fsp3) is 0.462. The van der Waals surface area contributed by atoms with Crippen molar-refractivity contribution in [2.24, 2.45) is 5.16 Å². The van der Waals surface area contributed by atoms with Gasteiger partial charge in [-0.15, -0.1) is 0 Å². The van der Waals surface area contributed by atoms with E-state index >= 15 is 0 Å². The van der Waals surface area contributed by atoms with Crippen molar-refractivity contribution < 1.29 is 10.3 Å². The van der Waals surface area contributed by atoms with E-state index in [1.807, 2.05) is 6.07 Å². The highest BCUT2D eigenvalue weighted by molar-refractivity contribution is 6.02. The highest BCUT2D eigenvalue weighted by Crippen LogP contribution is 2.19. The highest BCUT2D eigenvalue weighted by Gasteiger charge is 2.08. The van der Waals surface area contributed by atoms with Crippen LogP contribution in [-0.4, -0.2) is 16.0 Å². The molecule has 16 heavy (non-hydrogen) atoms. The Kier molecular flexibility index (Phi) is 5.40. The Bertz CT molecular complexity index is 348. The number of hydrogen-bond acceptors (Lipinski definition) is 3. The molecule has 0 atom stereocenters. The molecule has 0 heterocycles. The van der Waals surface area contributed by atoms with E-state index < -0.39 is 0 Å². The van der Waals surface area contributed by atoms with Gasteiger partial charge in [-0.05, 0) is 25.0 Å². The van der Waals surface area contributed by atoms with Crippen molar-refractivity contribution in [1.82, 2.24) is 0 Å². The Morgan fingerprint density at radius 1 is 1.19 bits per heavy atom. The van der Waals surface area contributed by atoms with Gasteiger partial charge in [-0.3, -0.25) is 0 Å². The molecule has 0 saturated carbocycles. The number of benzene rings is 1. The molecule has 0 aliphatic rings. The first-order chi connectivity index (χ1) is 7.79. The van der Waals surface area contributed by atoms with Crippen LogP contribution in [0.5, 0.6) is 5.75 Å². The van der Waals surface area contributed by atoms with Gasteiger partial charge >= 0.3 is 0 Å². The van der Waals surface area contributed by atoms with Crippen molar-refractivity contribution in [1.29, 1.82) is 0 Å². The predicted molar refractivity (Wildman–Crippen MR) is 65.2 cm³/mol. The number of aromatic hydroxyl groups is 1. The van der Waals surface area contributed by atoms with Crippen molar-refractivity contribution in [3.8, 4) is 5.75 Å². The van der Waals surface area contributed by atoms with Crippen LogP contribution in [0, 0.1) is 0 Å². The number of phenolic OH excluding ortho intramolecular Hbond substituents is 1.